The van der Waals surface area contributed by atoms with Crippen LogP contribution in [0.2, 0.25) is 0 Å². The van der Waals surface area contributed by atoms with E-state index in [2.05, 4.69) is 45.9 Å². The van der Waals surface area contributed by atoms with Crippen LogP contribution in [-0.2, 0) is 33.6 Å². The molecular formula is C36H46O6. The van der Waals surface area contributed by atoms with Gasteiger partial charge in [0.25, 0.3) is 0 Å². The second-order valence-corrected chi connectivity index (χ2v) is 12.6. The third-order valence-corrected chi connectivity index (χ3v) is 8.69. The molecule has 1 aliphatic carbocycles. The zero-order valence-electron chi connectivity index (χ0n) is 25.7. The lowest BCUT2D eigenvalue weighted by molar-refractivity contribution is -0.138. The predicted molar refractivity (Wildman–Crippen MR) is 164 cm³/mol. The summed E-state index contributed by atoms with van der Waals surface area (Å²) >= 11 is 0. The van der Waals surface area contributed by atoms with Gasteiger partial charge in [0.2, 0.25) is 0 Å². The summed E-state index contributed by atoms with van der Waals surface area (Å²) in [4.78, 5) is 35.8. The van der Waals surface area contributed by atoms with Gasteiger partial charge in [0.15, 0.2) is 0 Å². The van der Waals surface area contributed by atoms with Gasteiger partial charge >= 0.3 is 11.9 Å². The standard InChI is InChI=1S/C36H46O6/c1-5-6-7-9-27-22-31(35-29-20-24(2)12-18-30(29)36(3,4)42-32(35)23-27)41-34(40)11-8-10-25-13-15-26(16-14-25)21-28(37)17-19-33(38)39/h13-16,20,22-23,29-30H,5-12,17-19,21H2,1-4H3,(H,38,39). The van der Waals surface area contributed by atoms with Crippen LogP contribution in [0.15, 0.2) is 48.0 Å². The zero-order valence-corrected chi connectivity index (χ0v) is 25.7. The minimum absolute atomic E-state index is 0.0469. The molecule has 0 amide bonds. The quantitative estimate of drug-likeness (QED) is 0.107. The highest BCUT2D eigenvalue weighted by molar-refractivity contribution is 5.84. The van der Waals surface area contributed by atoms with E-state index in [1.54, 1.807) is 0 Å². The summed E-state index contributed by atoms with van der Waals surface area (Å²) in [6.45, 7) is 8.75. The number of carbonyl (C=O) groups is 3. The van der Waals surface area contributed by atoms with Gasteiger partial charge in [-0.1, -0.05) is 55.7 Å². The van der Waals surface area contributed by atoms with Crippen LogP contribution in [-0.4, -0.2) is 28.4 Å². The lowest BCUT2D eigenvalue weighted by atomic mass is 9.68. The number of esters is 1. The third-order valence-electron chi connectivity index (χ3n) is 8.69. The van der Waals surface area contributed by atoms with Gasteiger partial charge in [0.1, 0.15) is 22.9 Å². The molecular weight excluding hydrogens is 528 g/mol. The van der Waals surface area contributed by atoms with Crippen molar-refractivity contribution in [1.82, 2.24) is 0 Å². The molecule has 1 aliphatic heterocycles. The molecule has 2 aromatic rings. The van der Waals surface area contributed by atoms with Crippen molar-refractivity contribution < 1.29 is 29.0 Å². The molecule has 0 spiro atoms. The van der Waals surface area contributed by atoms with Crippen molar-refractivity contribution in [3.05, 3.63) is 70.3 Å². The topological polar surface area (TPSA) is 89.9 Å². The number of hydrogen-bond donors (Lipinski definition) is 1. The van der Waals surface area contributed by atoms with Crippen molar-refractivity contribution in [3.8, 4) is 11.5 Å². The summed E-state index contributed by atoms with van der Waals surface area (Å²) in [5, 5.41) is 8.75. The van der Waals surface area contributed by atoms with E-state index in [4.69, 9.17) is 14.6 Å². The molecule has 42 heavy (non-hydrogen) atoms. The molecule has 0 fully saturated rings. The van der Waals surface area contributed by atoms with Gasteiger partial charge < -0.3 is 14.6 Å². The summed E-state index contributed by atoms with van der Waals surface area (Å²) in [6.07, 6.45) is 10.6. The highest BCUT2D eigenvalue weighted by Gasteiger charge is 2.45. The normalized spacial score (nSPS) is 18.7. The van der Waals surface area contributed by atoms with Crippen molar-refractivity contribution in [2.75, 3.05) is 0 Å². The van der Waals surface area contributed by atoms with E-state index in [1.165, 1.54) is 5.57 Å². The molecule has 0 saturated heterocycles. The first-order chi connectivity index (χ1) is 20.1. The van der Waals surface area contributed by atoms with E-state index in [0.29, 0.717) is 24.5 Å². The maximum absolute atomic E-state index is 13.1. The molecule has 226 valence electrons. The monoisotopic (exact) mass is 574 g/mol. The van der Waals surface area contributed by atoms with Gasteiger partial charge in [-0.25, -0.2) is 0 Å². The van der Waals surface area contributed by atoms with Crippen molar-refractivity contribution in [2.45, 2.75) is 116 Å². The molecule has 2 unspecified atom stereocenters. The highest BCUT2D eigenvalue weighted by atomic mass is 16.5. The van der Waals surface area contributed by atoms with E-state index >= 15 is 0 Å². The number of Topliss-reactive ketones (excluding diaryl/α,β-unsaturated/α-hetero) is 1. The van der Waals surface area contributed by atoms with E-state index in [0.717, 1.165) is 72.9 Å². The zero-order chi connectivity index (χ0) is 30.3. The maximum atomic E-state index is 13.1. The molecule has 6 nitrogen and oxygen atoms in total. The smallest absolute Gasteiger partial charge is 0.311 e. The SMILES string of the molecule is CCCCCc1cc(OC(=O)CCCc2ccc(CC(=O)CCC(=O)O)cc2)c2c(c1)OC(C)(C)C1CCC(C)=CC21. The van der Waals surface area contributed by atoms with Crippen molar-refractivity contribution in [1.29, 1.82) is 0 Å². The summed E-state index contributed by atoms with van der Waals surface area (Å²) in [7, 11) is 0. The third kappa shape index (κ3) is 8.33. The van der Waals surface area contributed by atoms with Crippen molar-refractivity contribution in [2.24, 2.45) is 5.92 Å². The van der Waals surface area contributed by atoms with Crippen LogP contribution in [0.4, 0.5) is 0 Å². The average Bonchev–Trinajstić information content (AvgIpc) is 2.92. The van der Waals surface area contributed by atoms with E-state index in [9.17, 15) is 14.4 Å². The number of hydrogen-bond acceptors (Lipinski definition) is 5. The summed E-state index contributed by atoms with van der Waals surface area (Å²) in [5.41, 5.74) is 5.20. The summed E-state index contributed by atoms with van der Waals surface area (Å²) in [5.74, 6) is 0.722. The number of carboxylic acids is 1. The van der Waals surface area contributed by atoms with E-state index in [-0.39, 0.29) is 42.5 Å². The minimum atomic E-state index is -0.959. The fourth-order valence-corrected chi connectivity index (χ4v) is 6.37. The predicted octanol–water partition coefficient (Wildman–Crippen LogP) is 7.93. The average molecular weight is 575 g/mol. The Morgan fingerprint density at radius 1 is 0.952 bits per heavy atom. The maximum Gasteiger partial charge on any atom is 0.311 e. The molecule has 1 heterocycles. The molecule has 2 atom stereocenters. The lowest BCUT2D eigenvalue weighted by Gasteiger charge is -2.46. The first-order valence-corrected chi connectivity index (χ1v) is 15.6. The summed E-state index contributed by atoms with van der Waals surface area (Å²) < 4.78 is 12.7. The first kappa shape index (κ1) is 31.5. The Kier molecular flexibility index (Phi) is 10.6. The van der Waals surface area contributed by atoms with Crippen LogP contribution in [0.5, 0.6) is 11.5 Å². The molecule has 0 saturated carbocycles. The first-order valence-electron chi connectivity index (χ1n) is 15.6. The summed E-state index contributed by atoms with van der Waals surface area (Å²) in [6, 6.07) is 12.0. The number of carbonyl (C=O) groups excluding carboxylic acids is 2. The van der Waals surface area contributed by atoms with Gasteiger partial charge in [-0.15, -0.1) is 0 Å². The number of aryl methyl sites for hydroxylation is 2. The van der Waals surface area contributed by atoms with Crippen LogP contribution in [0.3, 0.4) is 0 Å². The molecule has 6 heteroatoms. The van der Waals surface area contributed by atoms with Crippen LogP contribution in [0.25, 0.3) is 0 Å². The van der Waals surface area contributed by atoms with Crippen LogP contribution in [0.1, 0.15) is 114 Å². The molecule has 0 radical (unpaired) electrons. The number of rotatable bonds is 14. The second kappa shape index (κ2) is 14.2. The number of fused-ring (bicyclic) bond motifs is 3. The van der Waals surface area contributed by atoms with Crippen molar-refractivity contribution >= 4 is 17.7 Å². The fraction of sp³-hybridized carbons (Fsp3) is 0.528. The molecule has 4 rings (SSSR count). The molecule has 2 aromatic carbocycles. The number of carboxylic acid groups (broad SMARTS) is 1. The molecule has 0 bridgehead atoms. The van der Waals surface area contributed by atoms with Gasteiger partial charge in [-0.05, 0) is 88.1 Å². The Morgan fingerprint density at radius 2 is 1.67 bits per heavy atom. The Balaban J connectivity index is 1.42. The van der Waals surface area contributed by atoms with Gasteiger partial charge in [-0.3, -0.25) is 14.4 Å². The Hall–Kier alpha value is -3.41. The van der Waals surface area contributed by atoms with Gasteiger partial charge in [-0.2, -0.15) is 0 Å². The van der Waals surface area contributed by atoms with E-state index < -0.39 is 5.97 Å². The largest absolute Gasteiger partial charge is 0.487 e. The second-order valence-electron chi connectivity index (χ2n) is 12.6. The van der Waals surface area contributed by atoms with Crippen LogP contribution < -0.4 is 9.47 Å². The number of aliphatic carboxylic acids is 1. The van der Waals surface area contributed by atoms with Gasteiger partial charge in [0.05, 0.1) is 6.42 Å². The fourth-order valence-electron chi connectivity index (χ4n) is 6.37. The van der Waals surface area contributed by atoms with E-state index in [1.807, 2.05) is 24.3 Å². The highest BCUT2D eigenvalue weighted by Crippen LogP contribution is 2.53. The number of unbranched alkanes of at least 4 members (excludes halogenated alkanes) is 2. The number of ketones is 1. The Morgan fingerprint density at radius 3 is 2.38 bits per heavy atom. The van der Waals surface area contributed by atoms with Crippen molar-refractivity contribution in [3.63, 3.8) is 0 Å². The van der Waals surface area contributed by atoms with Crippen LogP contribution >= 0.6 is 0 Å². The molecule has 1 N–H and O–H groups in total. The minimum Gasteiger partial charge on any atom is -0.487 e. The molecule has 2 aliphatic rings. The number of allylic oxidation sites excluding steroid dienone is 2. The number of ether oxygens (including phenoxy) is 2. The van der Waals surface area contributed by atoms with Gasteiger partial charge in [0, 0.05) is 36.7 Å². The number of benzene rings is 2. The van der Waals surface area contributed by atoms with Crippen LogP contribution in [0, 0.1) is 5.92 Å². The Labute approximate surface area is 250 Å². The Bertz CT molecular complexity index is 1300. The molecule has 0 aromatic heterocycles. The lowest BCUT2D eigenvalue weighted by Crippen LogP contribution is -2.45.